The third kappa shape index (κ3) is 3.80. The lowest BCUT2D eigenvalue weighted by molar-refractivity contribution is 0.0981. The van der Waals surface area contributed by atoms with Crippen LogP contribution in [0.1, 0.15) is 25.7 Å². The Morgan fingerprint density at radius 2 is 2.12 bits per heavy atom. The molecule has 1 fully saturated rings. The summed E-state index contributed by atoms with van der Waals surface area (Å²) in [7, 11) is 0. The van der Waals surface area contributed by atoms with Crippen molar-refractivity contribution >= 4 is 15.9 Å². The van der Waals surface area contributed by atoms with Gasteiger partial charge in [0.25, 0.3) is 0 Å². The van der Waals surface area contributed by atoms with Gasteiger partial charge in [-0.15, -0.1) is 0 Å². The van der Waals surface area contributed by atoms with E-state index < -0.39 is 0 Å². The minimum atomic E-state index is 0.480. The third-order valence-electron chi connectivity index (χ3n) is 2.78. The van der Waals surface area contributed by atoms with Crippen LogP contribution in [-0.2, 0) is 4.74 Å². The van der Waals surface area contributed by atoms with Crippen molar-refractivity contribution in [3.05, 3.63) is 28.7 Å². The summed E-state index contributed by atoms with van der Waals surface area (Å²) in [6.07, 6.45) is 5.11. The highest BCUT2D eigenvalue weighted by Gasteiger charge is 2.14. The summed E-state index contributed by atoms with van der Waals surface area (Å²) in [4.78, 5) is 0. The van der Waals surface area contributed by atoms with Crippen LogP contribution in [0.2, 0.25) is 0 Å². The van der Waals surface area contributed by atoms with E-state index in [1.165, 1.54) is 12.8 Å². The minimum Gasteiger partial charge on any atom is -0.494 e. The van der Waals surface area contributed by atoms with Crippen molar-refractivity contribution in [3.8, 4) is 5.75 Å². The average Bonchev–Trinajstić information content (AvgIpc) is 2.80. The van der Waals surface area contributed by atoms with Gasteiger partial charge in [0.2, 0.25) is 0 Å². The molecule has 0 N–H and O–H groups in total. The zero-order valence-electron chi connectivity index (χ0n) is 9.32. The molecule has 1 unspecified atom stereocenters. The summed E-state index contributed by atoms with van der Waals surface area (Å²) in [5.74, 6) is 0.940. The maximum atomic E-state index is 5.64. The highest BCUT2D eigenvalue weighted by atomic mass is 79.9. The number of ether oxygens (including phenoxy) is 2. The zero-order chi connectivity index (χ0) is 11.2. The second-order valence-electron chi connectivity index (χ2n) is 4.08. The summed E-state index contributed by atoms with van der Waals surface area (Å²) < 4.78 is 12.3. The lowest BCUT2D eigenvalue weighted by Gasteiger charge is -2.09. The molecule has 3 heteroatoms. The molecule has 1 aliphatic rings. The molecule has 0 spiro atoms. The van der Waals surface area contributed by atoms with Gasteiger partial charge in [-0.25, -0.2) is 0 Å². The fraction of sp³-hybridized carbons (Fsp3) is 0.538. The van der Waals surface area contributed by atoms with Crippen LogP contribution in [0.15, 0.2) is 28.7 Å². The molecule has 0 aromatic heterocycles. The molecule has 1 aliphatic heterocycles. The summed E-state index contributed by atoms with van der Waals surface area (Å²) in [5.41, 5.74) is 0. The first-order chi connectivity index (χ1) is 7.84. The lowest BCUT2D eigenvalue weighted by atomic mass is 10.1. The van der Waals surface area contributed by atoms with Crippen molar-refractivity contribution in [1.29, 1.82) is 0 Å². The standard InChI is InChI=1S/C13H17BrO2/c14-11-5-7-13(8-6-11)16-10-2-4-12-3-1-9-15-12/h5-8,12H,1-4,9-10H2. The first-order valence-electron chi connectivity index (χ1n) is 5.84. The van der Waals surface area contributed by atoms with Gasteiger partial charge in [-0.1, -0.05) is 15.9 Å². The highest BCUT2D eigenvalue weighted by Crippen LogP contribution is 2.18. The molecule has 1 atom stereocenters. The quantitative estimate of drug-likeness (QED) is 0.766. The van der Waals surface area contributed by atoms with E-state index in [1.807, 2.05) is 24.3 Å². The molecule has 0 radical (unpaired) electrons. The maximum Gasteiger partial charge on any atom is 0.119 e. The van der Waals surface area contributed by atoms with Crippen LogP contribution < -0.4 is 4.74 Å². The topological polar surface area (TPSA) is 18.5 Å². The van der Waals surface area contributed by atoms with Gasteiger partial charge in [0.05, 0.1) is 12.7 Å². The molecule has 2 rings (SSSR count). The van der Waals surface area contributed by atoms with Gasteiger partial charge < -0.3 is 9.47 Å². The Morgan fingerprint density at radius 1 is 1.31 bits per heavy atom. The largest absolute Gasteiger partial charge is 0.494 e. The van der Waals surface area contributed by atoms with Crippen LogP contribution >= 0.6 is 15.9 Å². The molecule has 16 heavy (non-hydrogen) atoms. The van der Waals surface area contributed by atoms with Crippen LogP contribution in [0.4, 0.5) is 0 Å². The van der Waals surface area contributed by atoms with Gasteiger partial charge in [0, 0.05) is 11.1 Å². The van der Waals surface area contributed by atoms with E-state index >= 15 is 0 Å². The van der Waals surface area contributed by atoms with E-state index in [0.717, 1.165) is 36.3 Å². The molecule has 0 saturated carbocycles. The Labute approximate surface area is 105 Å². The molecule has 1 aromatic carbocycles. The average molecular weight is 285 g/mol. The monoisotopic (exact) mass is 284 g/mol. The van der Waals surface area contributed by atoms with Crippen molar-refractivity contribution in [2.75, 3.05) is 13.2 Å². The number of rotatable bonds is 5. The second kappa shape index (κ2) is 6.26. The smallest absolute Gasteiger partial charge is 0.119 e. The molecule has 2 nitrogen and oxygen atoms in total. The maximum absolute atomic E-state index is 5.64. The number of benzene rings is 1. The Bertz CT molecular complexity index is 304. The lowest BCUT2D eigenvalue weighted by Crippen LogP contribution is -2.07. The van der Waals surface area contributed by atoms with E-state index in [9.17, 15) is 0 Å². The van der Waals surface area contributed by atoms with E-state index in [0.29, 0.717) is 6.10 Å². The Kier molecular flexibility index (Phi) is 4.67. The number of hydrogen-bond donors (Lipinski definition) is 0. The van der Waals surface area contributed by atoms with Crippen LogP contribution in [-0.4, -0.2) is 19.3 Å². The van der Waals surface area contributed by atoms with E-state index in [4.69, 9.17) is 9.47 Å². The fourth-order valence-electron chi connectivity index (χ4n) is 1.90. The summed E-state index contributed by atoms with van der Waals surface area (Å²) in [6.45, 7) is 1.72. The van der Waals surface area contributed by atoms with Crippen molar-refractivity contribution in [1.82, 2.24) is 0 Å². The van der Waals surface area contributed by atoms with Crippen LogP contribution in [0.3, 0.4) is 0 Å². The molecule has 1 saturated heterocycles. The number of halogens is 1. The van der Waals surface area contributed by atoms with Gasteiger partial charge in [0.1, 0.15) is 5.75 Å². The van der Waals surface area contributed by atoms with Crippen LogP contribution in [0.25, 0.3) is 0 Å². The van der Waals surface area contributed by atoms with Gasteiger partial charge in [0.15, 0.2) is 0 Å². The van der Waals surface area contributed by atoms with E-state index in [1.54, 1.807) is 0 Å². The van der Waals surface area contributed by atoms with Crippen molar-refractivity contribution in [2.45, 2.75) is 31.8 Å². The highest BCUT2D eigenvalue weighted by molar-refractivity contribution is 9.10. The van der Waals surface area contributed by atoms with Crippen LogP contribution in [0.5, 0.6) is 5.75 Å². The van der Waals surface area contributed by atoms with Crippen molar-refractivity contribution < 1.29 is 9.47 Å². The fourth-order valence-corrected chi connectivity index (χ4v) is 2.17. The van der Waals surface area contributed by atoms with Crippen LogP contribution in [0, 0.1) is 0 Å². The predicted octanol–water partition coefficient (Wildman–Crippen LogP) is 3.79. The van der Waals surface area contributed by atoms with E-state index in [2.05, 4.69) is 15.9 Å². The molecule has 1 aromatic rings. The Morgan fingerprint density at radius 3 is 2.81 bits per heavy atom. The minimum absolute atomic E-state index is 0.480. The molecule has 0 bridgehead atoms. The molecular weight excluding hydrogens is 268 g/mol. The summed E-state index contributed by atoms with van der Waals surface area (Å²) in [6, 6.07) is 7.96. The third-order valence-corrected chi connectivity index (χ3v) is 3.31. The second-order valence-corrected chi connectivity index (χ2v) is 5.00. The zero-order valence-corrected chi connectivity index (χ0v) is 10.9. The molecule has 1 heterocycles. The van der Waals surface area contributed by atoms with Crippen molar-refractivity contribution in [3.63, 3.8) is 0 Å². The van der Waals surface area contributed by atoms with Crippen molar-refractivity contribution in [2.24, 2.45) is 0 Å². The van der Waals surface area contributed by atoms with Gasteiger partial charge in [-0.3, -0.25) is 0 Å². The normalized spacial score (nSPS) is 19.9. The SMILES string of the molecule is Brc1ccc(OCCCC2CCCO2)cc1. The predicted molar refractivity (Wildman–Crippen MR) is 67.8 cm³/mol. The first-order valence-corrected chi connectivity index (χ1v) is 6.64. The molecule has 0 aliphatic carbocycles. The molecular formula is C13H17BrO2. The van der Waals surface area contributed by atoms with Gasteiger partial charge in [-0.2, -0.15) is 0 Å². The van der Waals surface area contributed by atoms with Gasteiger partial charge >= 0.3 is 0 Å². The molecule has 0 amide bonds. The Balaban J connectivity index is 1.62. The van der Waals surface area contributed by atoms with Gasteiger partial charge in [-0.05, 0) is 49.9 Å². The summed E-state index contributed by atoms with van der Waals surface area (Å²) in [5, 5.41) is 0. The van der Waals surface area contributed by atoms with E-state index in [-0.39, 0.29) is 0 Å². The number of hydrogen-bond acceptors (Lipinski definition) is 2. The Hall–Kier alpha value is -0.540. The molecule has 88 valence electrons. The summed E-state index contributed by atoms with van der Waals surface area (Å²) >= 11 is 3.40. The first kappa shape index (κ1) is 11.9.